The lowest BCUT2D eigenvalue weighted by molar-refractivity contribution is 0.102. The zero-order valence-electron chi connectivity index (χ0n) is 11.9. The Labute approximate surface area is 122 Å². The number of nitrogens with zero attached hydrogens (tertiary/aromatic N) is 3. The third kappa shape index (κ3) is 2.35. The first-order chi connectivity index (χ1) is 9.54. The Kier molecular flexibility index (Phi) is 3.33. The fourth-order valence-electron chi connectivity index (χ4n) is 2.48. The minimum Gasteiger partial charge on any atom is -0.298 e. The van der Waals surface area contributed by atoms with E-state index in [1.807, 2.05) is 14.0 Å². The lowest BCUT2D eigenvalue weighted by atomic mass is 9.93. The number of hydrogen-bond acceptors (Lipinski definition) is 4. The van der Waals surface area contributed by atoms with Crippen molar-refractivity contribution in [3.8, 4) is 0 Å². The number of carbonyl (C=O) groups excluding carboxylic acids is 1. The highest BCUT2D eigenvalue weighted by Gasteiger charge is 2.21. The van der Waals surface area contributed by atoms with E-state index in [2.05, 4.69) is 22.3 Å². The number of hydrogen-bond donors (Lipinski definition) is 1. The summed E-state index contributed by atoms with van der Waals surface area (Å²) in [5.74, 6) is 0.585. The van der Waals surface area contributed by atoms with E-state index in [1.54, 1.807) is 22.2 Å². The number of fused-ring (bicyclic) bond motifs is 1. The summed E-state index contributed by atoms with van der Waals surface area (Å²) in [5, 5.41) is 7.70. The standard InChI is InChI=1S/C14H18N4OS/c1-8-4-5-11-12(6-8)20-14(16-11)17-13(19)10-7-15-18(3)9(10)2/h7-8H,4-6H2,1-3H3,(H,16,17,19). The molecular weight excluding hydrogens is 272 g/mol. The molecule has 0 radical (unpaired) electrons. The van der Waals surface area contributed by atoms with Crippen LogP contribution in [0.2, 0.25) is 0 Å². The highest BCUT2D eigenvalue weighted by molar-refractivity contribution is 7.15. The van der Waals surface area contributed by atoms with Gasteiger partial charge in [0.2, 0.25) is 0 Å². The van der Waals surface area contributed by atoms with Crippen LogP contribution in [0.25, 0.3) is 0 Å². The van der Waals surface area contributed by atoms with Crippen molar-refractivity contribution in [3.05, 3.63) is 28.0 Å². The van der Waals surface area contributed by atoms with Crippen molar-refractivity contribution in [1.29, 1.82) is 0 Å². The predicted molar refractivity (Wildman–Crippen MR) is 79.2 cm³/mol. The Hall–Kier alpha value is -1.69. The van der Waals surface area contributed by atoms with Crippen LogP contribution in [0.1, 0.15) is 40.0 Å². The van der Waals surface area contributed by atoms with E-state index in [1.165, 1.54) is 11.3 Å². The topological polar surface area (TPSA) is 59.8 Å². The molecule has 1 unspecified atom stereocenters. The fourth-order valence-corrected chi connectivity index (χ4v) is 3.65. The zero-order valence-corrected chi connectivity index (χ0v) is 12.8. The predicted octanol–water partition coefficient (Wildman–Crippen LogP) is 2.56. The molecule has 1 aliphatic rings. The molecule has 3 rings (SSSR count). The maximum Gasteiger partial charge on any atom is 0.260 e. The van der Waals surface area contributed by atoms with E-state index in [9.17, 15) is 4.79 Å². The number of carbonyl (C=O) groups is 1. The van der Waals surface area contributed by atoms with Crippen LogP contribution >= 0.6 is 11.3 Å². The molecule has 0 fully saturated rings. The molecule has 0 aliphatic heterocycles. The average molecular weight is 290 g/mol. The molecule has 6 heteroatoms. The molecule has 1 aliphatic carbocycles. The van der Waals surface area contributed by atoms with Gasteiger partial charge in [-0.25, -0.2) is 4.98 Å². The molecule has 5 nitrogen and oxygen atoms in total. The summed E-state index contributed by atoms with van der Waals surface area (Å²) in [6, 6.07) is 0. The van der Waals surface area contributed by atoms with Crippen molar-refractivity contribution >= 4 is 22.4 Å². The quantitative estimate of drug-likeness (QED) is 0.924. The monoisotopic (exact) mass is 290 g/mol. The number of anilines is 1. The lowest BCUT2D eigenvalue weighted by Crippen LogP contribution is -2.13. The molecule has 0 spiro atoms. The van der Waals surface area contributed by atoms with Crippen LogP contribution in [0.5, 0.6) is 0 Å². The lowest BCUT2D eigenvalue weighted by Gasteiger charge is -2.15. The van der Waals surface area contributed by atoms with Gasteiger partial charge < -0.3 is 0 Å². The van der Waals surface area contributed by atoms with Crippen LogP contribution in [-0.2, 0) is 19.9 Å². The second-order valence-corrected chi connectivity index (χ2v) is 6.54. The van der Waals surface area contributed by atoms with Crippen LogP contribution in [0.15, 0.2) is 6.20 Å². The number of aromatic nitrogens is 3. The molecule has 20 heavy (non-hydrogen) atoms. The summed E-state index contributed by atoms with van der Waals surface area (Å²) in [7, 11) is 1.83. The number of thiazole rings is 1. The van der Waals surface area contributed by atoms with Gasteiger partial charge in [0.05, 0.1) is 17.5 Å². The van der Waals surface area contributed by atoms with Crippen LogP contribution in [-0.4, -0.2) is 20.7 Å². The van der Waals surface area contributed by atoms with Crippen LogP contribution in [0, 0.1) is 12.8 Å². The molecule has 0 saturated carbocycles. The van der Waals surface area contributed by atoms with Crippen molar-refractivity contribution in [1.82, 2.24) is 14.8 Å². The van der Waals surface area contributed by atoms with E-state index in [0.29, 0.717) is 16.6 Å². The van der Waals surface area contributed by atoms with E-state index in [-0.39, 0.29) is 5.91 Å². The van der Waals surface area contributed by atoms with Crippen molar-refractivity contribution in [3.63, 3.8) is 0 Å². The second kappa shape index (κ2) is 5.01. The van der Waals surface area contributed by atoms with Gasteiger partial charge >= 0.3 is 0 Å². The van der Waals surface area contributed by atoms with Gasteiger partial charge in [0, 0.05) is 17.6 Å². The Balaban J connectivity index is 1.78. The van der Waals surface area contributed by atoms with E-state index >= 15 is 0 Å². The summed E-state index contributed by atoms with van der Waals surface area (Å²) in [5.41, 5.74) is 2.62. The molecule has 1 N–H and O–H groups in total. The van der Waals surface area contributed by atoms with E-state index < -0.39 is 0 Å². The summed E-state index contributed by atoms with van der Waals surface area (Å²) >= 11 is 1.60. The van der Waals surface area contributed by atoms with Gasteiger partial charge in [-0.1, -0.05) is 6.92 Å². The normalized spacial score (nSPS) is 17.9. The minimum absolute atomic E-state index is 0.130. The average Bonchev–Trinajstić information content (AvgIpc) is 2.93. The third-order valence-electron chi connectivity index (χ3n) is 3.89. The molecule has 0 saturated heterocycles. The highest BCUT2D eigenvalue weighted by Crippen LogP contribution is 2.32. The molecule has 2 aromatic rings. The number of amides is 1. The van der Waals surface area contributed by atoms with Gasteiger partial charge in [-0.15, -0.1) is 11.3 Å². The summed E-state index contributed by atoms with van der Waals surface area (Å²) < 4.78 is 1.70. The highest BCUT2D eigenvalue weighted by atomic mass is 32.1. The van der Waals surface area contributed by atoms with E-state index in [4.69, 9.17) is 0 Å². The Morgan fingerprint density at radius 3 is 3.05 bits per heavy atom. The van der Waals surface area contributed by atoms with Gasteiger partial charge in [-0.05, 0) is 32.1 Å². The molecule has 0 aromatic carbocycles. The maximum atomic E-state index is 12.2. The Bertz CT molecular complexity index is 658. The van der Waals surface area contributed by atoms with Crippen molar-refractivity contribution in [2.24, 2.45) is 13.0 Å². The summed E-state index contributed by atoms with van der Waals surface area (Å²) in [6.45, 7) is 4.15. The van der Waals surface area contributed by atoms with Gasteiger partial charge in [0.25, 0.3) is 5.91 Å². The largest absolute Gasteiger partial charge is 0.298 e. The van der Waals surface area contributed by atoms with E-state index in [0.717, 1.165) is 24.2 Å². The number of aryl methyl sites for hydroxylation is 2. The van der Waals surface area contributed by atoms with Gasteiger partial charge in [-0.2, -0.15) is 5.10 Å². The SMILES string of the molecule is Cc1c(C(=O)Nc2nc3c(s2)CC(C)CC3)cnn1C. The Morgan fingerprint density at radius 2 is 2.35 bits per heavy atom. The molecular formula is C14H18N4OS. The van der Waals surface area contributed by atoms with Crippen LogP contribution in [0.4, 0.5) is 5.13 Å². The molecule has 0 bridgehead atoms. The maximum absolute atomic E-state index is 12.2. The van der Waals surface area contributed by atoms with Crippen LogP contribution < -0.4 is 5.32 Å². The molecule has 106 valence electrons. The van der Waals surface area contributed by atoms with Crippen molar-refractivity contribution in [2.45, 2.75) is 33.1 Å². The number of rotatable bonds is 2. The van der Waals surface area contributed by atoms with Gasteiger partial charge in [0.1, 0.15) is 0 Å². The molecule has 2 aromatic heterocycles. The van der Waals surface area contributed by atoms with Crippen molar-refractivity contribution in [2.75, 3.05) is 5.32 Å². The first kappa shape index (κ1) is 13.3. The second-order valence-electron chi connectivity index (χ2n) is 5.46. The molecule has 1 amide bonds. The Morgan fingerprint density at radius 1 is 1.55 bits per heavy atom. The molecule has 1 atom stereocenters. The minimum atomic E-state index is -0.130. The smallest absolute Gasteiger partial charge is 0.260 e. The van der Waals surface area contributed by atoms with Gasteiger partial charge in [-0.3, -0.25) is 14.8 Å². The number of nitrogens with one attached hydrogen (secondary N) is 1. The summed E-state index contributed by atoms with van der Waals surface area (Å²) in [4.78, 5) is 18.1. The zero-order chi connectivity index (χ0) is 14.3. The summed E-state index contributed by atoms with van der Waals surface area (Å²) in [6.07, 6.45) is 4.88. The van der Waals surface area contributed by atoms with Crippen LogP contribution in [0.3, 0.4) is 0 Å². The molecule has 2 heterocycles. The van der Waals surface area contributed by atoms with Gasteiger partial charge in [0.15, 0.2) is 5.13 Å². The fraction of sp³-hybridized carbons (Fsp3) is 0.500. The van der Waals surface area contributed by atoms with Crippen molar-refractivity contribution < 1.29 is 4.79 Å². The first-order valence-electron chi connectivity index (χ1n) is 6.83. The third-order valence-corrected chi connectivity index (χ3v) is 4.92. The first-order valence-corrected chi connectivity index (χ1v) is 7.64.